The first-order valence-corrected chi connectivity index (χ1v) is 14.9. The Morgan fingerprint density at radius 2 is 2.00 bits per heavy atom. The molecule has 11 heteroatoms. The second-order valence-corrected chi connectivity index (χ2v) is 12.2. The van der Waals surface area contributed by atoms with Crippen LogP contribution in [0, 0.1) is 5.92 Å². The number of halogens is 3. The predicted octanol–water partition coefficient (Wildman–Crippen LogP) is 6.19. The van der Waals surface area contributed by atoms with Crippen molar-refractivity contribution >= 4 is 32.8 Å². The molecule has 202 valence electrons. The van der Waals surface area contributed by atoms with Gasteiger partial charge in [-0.1, -0.05) is 36.9 Å². The zero-order chi connectivity index (χ0) is 26.6. The summed E-state index contributed by atoms with van der Waals surface area (Å²) >= 11 is 1.33. The fraction of sp³-hybridized carbons (Fsp3) is 0.500. The molecule has 0 saturated carbocycles. The summed E-state index contributed by atoms with van der Waals surface area (Å²) in [5, 5.41) is 0.630. The number of rotatable bonds is 10. The van der Waals surface area contributed by atoms with Gasteiger partial charge < -0.3 is 9.30 Å². The van der Waals surface area contributed by atoms with Crippen LogP contribution in [0.2, 0.25) is 0 Å². The average Bonchev–Trinajstić information content (AvgIpc) is 3.21. The lowest BCUT2D eigenvalue weighted by molar-refractivity contribution is -0.137. The van der Waals surface area contributed by atoms with Crippen LogP contribution in [-0.4, -0.2) is 48.6 Å². The van der Waals surface area contributed by atoms with Crippen LogP contribution in [0.3, 0.4) is 0 Å². The monoisotopic (exact) mass is 555 g/mol. The maximum atomic E-state index is 13.3. The molecule has 0 spiro atoms. The number of hydrogen-bond acceptors (Lipinski definition) is 5. The van der Waals surface area contributed by atoms with Gasteiger partial charge in [-0.3, -0.25) is 0 Å². The number of thioether (sulfide) groups is 1. The zero-order valence-electron chi connectivity index (χ0n) is 21.0. The van der Waals surface area contributed by atoms with Crippen LogP contribution in [0.5, 0.6) is 0 Å². The first-order chi connectivity index (χ1) is 17.6. The lowest BCUT2D eigenvalue weighted by Crippen LogP contribution is -2.39. The molecule has 1 aromatic heterocycles. The first kappa shape index (κ1) is 27.9. The number of fused-ring (bicyclic) bond motifs is 1. The molecular weight excluding hydrogens is 523 g/mol. The summed E-state index contributed by atoms with van der Waals surface area (Å²) in [5.41, 5.74) is 1.19. The van der Waals surface area contributed by atoms with Gasteiger partial charge in [0, 0.05) is 38.6 Å². The molecule has 37 heavy (non-hydrogen) atoms. The lowest BCUT2D eigenvalue weighted by Gasteiger charge is -2.30. The van der Waals surface area contributed by atoms with Crippen molar-refractivity contribution in [1.82, 2.24) is 13.9 Å². The van der Waals surface area contributed by atoms with E-state index in [-0.39, 0.29) is 4.90 Å². The number of alkyl halides is 3. The number of benzene rings is 2. The largest absolute Gasteiger partial charge is 0.416 e. The van der Waals surface area contributed by atoms with Gasteiger partial charge in [0.15, 0.2) is 5.16 Å². The molecule has 0 amide bonds. The van der Waals surface area contributed by atoms with E-state index in [9.17, 15) is 21.6 Å². The fourth-order valence-electron chi connectivity index (χ4n) is 4.54. The number of imidazole rings is 1. The van der Waals surface area contributed by atoms with Crippen molar-refractivity contribution in [2.75, 3.05) is 26.3 Å². The maximum Gasteiger partial charge on any atom is 0.416 e. The lowest BCUT2D eigenvalue weighted by atomic mass is 10.0. The van der Waals surface area contributed by atoms with Gasteiger partial charge in [-0.15, -0.1) is 0 Å². The van der Waals surface area contributed by atoms with Crippen molar-refractivity contribution in [2.45, 2.75) is 61.6 Å². The Balaban J connectivity index is 1.62. The summed E-state index contributed by atoms with van der Waals surface area (Å²) in [6, 6.07) is 10.3. The van der Waals surface area contributed by atoms with Crippen LogP contribution >= 0.6 is 11.8 Å². The molecule has 6 nitrogen and oxygen atoms in total. The molecule has 1 unspecified atom stereocenters. The van der Waals surface area contributed by atoms with Gasteiger partial charge in [0.25, 0.3) is 0 Å². The molecule has 0 aliphatic carbocycles. The van der Waals surface area contributed by atoms with E-state index >= 15 is 0 Å². The number of ether oxygens (including phenoxy) is 1. The molecule has 1 fully saturated rings. The Kier molecular flexibility index (Phi) is 8.88. The smallest absolute Gasteiger partial charge is 0.382 e. The molecule has 0 bridgehead atoms. The Morgan fingerprint density at radius 3 is 2.73 bits per heavy atom. The molecule has 1 saturated heterocycles. The van der Waals surface area contributed by atoms with Crippen LogP contribution in [0.4, 0.5) is 13.2 Å². The molecule has 4 rings (SSSR count). The summed E-state index contributed by atoms with van der Waals surface area (Å²) < 4.78 is 75.0. The zero-order valence-corrected chi connectivity index (χ0v) is 22.6. The number of hydrogen-bond donors (Lipinski definition) is 0. The number of piperidine rings is 1. The normalized spacial score (nSPS) is 17.5. The van der Waals surface area contributed by atoms with E-state index < -0.39 is 21.8 Å². The van der Waals surface area contributed by atoms with Crippen molar-refractivity contribution in [1.29, 1.82) is 0 Å². The molecule has 0 radical (unpaired) electrons. The van der Waals surface area contributed by atoms with Crippen molar-refractivity contribution in [3.05, 3.63) is 53.6 Å². The summed E-state index contributed by atoms with van der Waals surface area (Å²) in [6.07, 6.45) is -1.82. The van der Waals surface area contributed by atoms with Crippen molar-refractivity contribution in [3.8, 4) is 0 Å². The topological polar surface area (TPSA) is 64.4 Å². The number of aromatic nitrogens is 2. The minimum Gasteiger partial charge on any atom is -0.382 e. The summed E-state index contributed by atoms with van der Waals surface area (Å²) in [7, 11) is -3.64. The highest BCUT2D eigenvalue weighted by atomic mass is 32.2. The molecular formula is C26H32F3N3O3S2. The van der Waals surface area contributed by atoms with Crippen LogP contribution in [0.1, 0.15) is 44.2 Å². The van der Waals surface area contributed by atoms with Crippen molar-refractivity contribution in [2.24, 2.45) is 5.92 Å². The summed E-state index contributed by atoms with van der Waals surface area (Å²) in [5.74, 6) is 0.617. The molecule has 2 aromatic carbocycles. The molecule has 1 aliphatic heterocycles. The molecule has 2 heterocycles. The molecule has 1 atom stereocenters. The second kappa shape index (κ2) is 11.8. The van der Waals surface area contributed by atoms with Gasteiger partial charge in [0.1, 0.15) is 0 Å². The van der Waals surface area contributed by atoms with Crippen LogP contribution in [0.15, 0.2) is 52.5 Å². The van der Waals surface area contributed by atoms with Crippen LogP contribution < -0.4 is 0 Å². The van der Waals surface area contributed by atoms with E-state index in [2.05, 4.69) is 6.92 Å². The maximum absolute atomic E-state index is 13.3. The Bertz CT molecular complexity index is 1330. The van der Waals surface area contributed by atoms with Gasteiger partial charge in [-0.05, 0) is 61.9 Å². The Hall–Kier alpha value is -2.08. The quantitative estimate of drug-likeness (QED) is 0.220. The fourth-order valence-corrected chi connectivity index (χ4v) is 7.14. The number of nitrogens with zero attached hydrogens (tertiary/aromatic N) is 3. The Morgan fingerprint density at radius 1 is 1.19 bits per heavy atom. The molecule has 0 N–H and O–H groups in total. The van der Waals surface area contributed by atoms with E-state index in [0.29, 0.717) is 60.8 Å². The SMILES string of the molecule is CCOCCCn1c(SCc2cccc(C(F)(F)F)c2)nc2cc(S(=O)(=O)N3CCCC(C)C3)ccc21. The highest BCUT2D eigenvalue weighted by molar-refractivity contribution is 7.98. The van der Waals surface area contributed by atoms with Crippen molar-refractivity contribution in [3.63, 3.8) is 0 Å². The van der Waals surface area contributed by atoms with Gasteiger partial charge in [-0.25, -0.2) is 13.4 Å². The minimum absolute atomic E-state index is 0.211. The van der Waals surface area contributed by atoms with Gasteiger partial charge in [-0.2, -0.15) is 17.5 Å². The molecule has 1 aliphatic rings. The van der Waals surface area contributed by atoms with Crippen LogP contribution in [-0.2, 0) is 33.2 Å². The third kappa shape index (κ3) is 6.68. The van der Waals surface area contributed by atoms with E-state index in [1.165, 1.54) is 17.8 Å². The molecule has 3 aromatic rings. The summed E-state index contributed by atoms with van der Waals surface area (Å²) in [6.45, 7) is 6.76. The Labute approximate surface area is 220 Å². The van der Waals surface area contributed by atoms with E-state index in [1.54, 1.807) is 28.6 Å². The number of sulfonamides is 1. The summed E-state index contributed by atoms with van der Waals surface area (Å²) in [4.78, 5) is 4.92. The first-order valence-electron chi connectivity index (χ1n) is 12.5. The van der Waals surface area contributed by atoms with Gasteiger partial charge >= 0.3 is 6.18 Å². The number of aryl methyl sites for hydroxylation is 1. The predicted molar refractivity (Wildman–Crippen MR) is 139 cm³/mol. The third-order valence-corrected chi connectivity index (χ3v) is 9.35. The highest BCUT2D eigenvalue weighted by Gasteiger charge is 2.31. The second-order valence-electron chi connectivity index (χ2n) is 9.34. The van der Waals surface area contributed by atoms with Gasteiger partial charge in [0.05, 0.1) is 21.5 Å². The average molecular weight is 556 g/mol. The standard InChI is InChI=1S/C26H32F3N3O3S2/c1-3-35-14-6-13-32-24-11-10-22(37(33,34)31-12-5-7-19(2)17-31)16-23(24)30-25(32)36-18-20-8-4-9-21(15-20)26(27,28)29/h4,8-11,15-16,19H,3,5-7,12-14,17-18H2,1-2H3. The highest BCUT2D eigenvalue weighted by Crippen LogP contribution is 2.33. The van der Waals surface area contributed by atoms with E-state index in [4.69, 9.17) is 9.72 Å². The van der Waals surface area contributed by atoms with Crippen molar-refractivity contribution < 1.29 is 26.3 Å². The van der Waals surface area contributed by atoms with Crippen LogP contribution in [0.25, 0.3) is 11.0 Å². The van der Waals surface area contributed by atoms with E-state index in [1.807, 2.05) is 11.5 Å². The van der Waals surface area contributed by atoms with Gasteiger partial charge in [0.2, 0.25) is 10.0 Å². The minimum atomic E-state index is -4.40. The third-order valence-electron chi connectivity index (χ3n) is 6.44. The van der Waals surface area contributed by atoms with E-state index in [0.717, 1.165) is 36.9 Å².